The minimum absolute atomic E-state index is 0.00407. The number of carbonyl (C=O) groups excluding carboxylic acids is 1. The first kappa shape index (κ1) is 43.2. The Labute approximate surface area is 320 Å². The van der Waals surface area contributed by atoms with Crippen molar-refractivity contribution in [1.29, 1.82) is 0 Å². The molecule has 18 heteroatoms. The van der Waals surface area contributed by atoms with E-state index in [0.29, 0.717) is 29.9 Å². The average Bonchev–Trinajstić information content (AvgIpc) is 3.46. The predicted molar refractivity (Wildman–Crippen MR) is 208 cm³/mol. The standard InChI is InChI=1S/C37H50F4N6O6Si2/c1-42-35(48)33-32-30(47(46-33)22-51-12-14-54(2,3)4)18-29(45-34(32)43-20-24-10-8-9-11-25(24)21-44-36(49)50)27-17-28(38)31(16-26(27)19-37(39,40)41)53-23-52-13-15-55(5,6)7/h8-11,16-18,44H,12-15,19-23H2,1-7H3,(H,42,48)(H,43,45)(H,49,50). The summed E-state index contributed by atoms with van der Waals surface area (Å²) < 4.78 is 76.3. The van der Waals surface area contributed by atoms with Crippen LogP contribution in [0.5, 0.6) is 5.75 Å². The van der Waals surface area contributed by atoms with Gasteiger partial charge in [0.25, 0.3) is 5.91 Å². The molecule has 0 radical (unpaired) electrons. The minimum Gasteiger partial charge on any atom is -0.465 e. The largest absolute Gasteiger partial charge is 0.465 e. The fourth-order valence-corrected chi connectivity index (χ4v) is 6.98. The number of nitrogens with one attached hydrogen (secondary N) is 3. The lowest BCUT2D eigenvalue weighted by Gasteiger charge is -2.18. The average molecular weight is 807 g/mol. The quantitative estimate of drug-likeness (QED) is 0.0319. The van der Waals surface area contributed by atoms with Crippen molar-refractivity contribution >= 4 is 44.9 Å². The summed E-state index contributed by atoms with van der Waals surface area (Å²) in [5.74, 6) is -1.79. The molecule has 2 aromatic carbocycles. The maximum atomic E-state index is 15.7. The fourth-order valence-electron chi connectivity index (χ4n) is 5.47. The van der Waals surface area contributed by atoms with Crippen molar-refractivity contribution in [1.82, 2.24) is 25.4 Å². The summed E-state index contributed by atoms with van der Waals surface area (Å²) in [6.45, 7) is 13.5. The van der Waals surface area contributed by atoms with Crippen molar-refractivity contribution in [3.63, 3.8) is 0 Å². The number of aromatic nitrogens is 3. The highest BCUT2D eigenvalue weighted by molar-refractivity contribution is 6.76. The molecular weight excluding hydrogens is 757 g/mol. The van der Waals surface area contributed by atoms with Crippen LogP contribution < -0.4 is 20.7 Å². The summed E-state index contributed by atoms with van der Waals surface area (Å²) in [6.07, 6.45) is -7.29. The van der Waals surface area contributed by atoms with Gasteiger partial charge >= 0.3 is 12.3 Å². The van der Waals surface area contributed by atoms with Crippen LogP contribution in [-0.2, 0) is 35.7 Å². The van der Waals surface area contributed by atoms with Crippen LogP contribution in [0.4, 0.5) is 28.2 Å². The molecule has 4 aromatic rings. The Hall–Kier alpha value is -4.53. The predicted octanol–water partition coefficient (Wildman–Crippen LogP) is 8.08. The Bertz CT molecular complexity index is 1960. The number of carbonyl (C=O) groups is 2. The van der Waals surface area contributed by atoms with Gasteiger partial charge in [-0.25, -0.2) is 18.9 Å². The highest BCUT2D eigenvalue weighted by Crippen LogP contribution is 2.37. The summed E-state index contributed by atoms with van der Waals surface area (Å²) in [4.78, 5) is 29.1. The van der Waals surface area contributed by atoms with E-state index in [0.717, 1.165) is 24.2 Å². The third-order valence-corrected chi connectivity index (χ3v) is 11.9. The van der Waals surface area contributed by atoms with Crippen molar-refractivity contribution in [2.24, 2.45) is 0 Å². The van der Waals surface area contributed by atoms with Gasteiger partial charge in [-0.15, -0.1) is 0 Å². The molecule has 0 fully saturated rings. The van der Waals surface area contributed by atoms with Crippen LogP contribution in [-0.4, -0.2) is 81.2 Å². The van der Waals surface area contributed by atoms with Gasteiger partial charge in [-0.1, -0.05) is 63.5 Å². The Morgan fingerprint density at radius 1 is 0.909 bits per heavy atom. The number of fused-ring (bicyclic) bond motifs is 1. The molecule has 4 rings (SSSR count). The number of ether oxygens (including phenoxy) is 3. The van der Waals surface area contributed by atoms with E-state index in [-0.39, 0.29) is 60.3 Å². The molecule has 0 saturated carbocycles. The number of pyridine rings is 1. The number of benzene rings is 2. The number of carboxylic acid groups (broad SMARTS) is 1. The van der Waals surface area contributed by atoms with Crippen molar-refractivity contribution in [2.45, 2.75) is 83.8 Å². The van der Waals surface area contributed by atoms with Crippen LogP contribution in [0.25, 0.3) is 22.2 Å². The van der Waals surface area contributed by atoms with Crippen LogP contribution >= 0.6 is 0 Å². The van der Waals surface area contributed by atoms with E-state index in [4.69, 9.17) is 19.2 Å². The van der Waals surface area contributed by atoms with Gasteiger partial charge in [0.2, 0.25) is 0 Å². The second-order valence-corrected chi connectivity index (χ2v) is 26.8. The van der Waals surface area contributed by atoms with Crippen LogP contribution in [0.15, 0.2) is 42.5 Å². The Kier molecular flexibility index (Phi) is 14.5. The summed E-state index contributed by atoms with van der Waals surface area (Å²) in [5, 5.41) is 22.1. The molecule has 0 unspecified atom stereocenters. The number of anilines is 1. The summed E-state index contributed by atoms with van der Waals surface area (Å²) in [5.41, 5.74) is 1.14. The number of amides is 2. The molecule has 300 valence electrons. The molecule has 2 aromatic heterocycles. The smallest absolute Gasteiger partial charge is 0.404 e. The van der Waals surface area contributed by atoms with Crippen molar-refractivity contribution in [3.8, 4) is 17.0 Å². The zero-order chi connectivity index (χ0) is 40.6. The second kappa shape index (κ2) is 18.4. The number of nitrogens with zero attached hydrogens (tertiary/aromatic N) is 3. The highest BCUT2D eigenvalue weighted by Gasteiger charge is 2.31. The maximum absolute atomic E-state index is 15.7. The van der Waals surface area contributed by atoms with Gasteiger partial charge in [0.15, 0.2) is 24.1 Å². The van der Waals surface area contributed by atoms with Gasteiger partial charge in [0, 0.05) is 55.1 Å². The maximum Gasteiger partial charge on any atom is 0.404 e. The van der Waals surface area contributed by atoms with Gasteiger partial charge in [0.1, 0.15) is 12.5 Å². The lowest BCUT2D eigenvalue weighted by atomic mass is 9.99. The first-order valence-corrected chi connectivity index (χ1v) is 25.2. The molecule has 55 heavy (non-hydrogen) atoms. The van der Waals surface area contributed by atoms with E-state index in [1.165, 1.54) is 17.8 Å². The molecule has 4 N–H and O–H groups in total. The third kappa shape index (κ3) is 13.0. The zero-order valence-corrected chi connectivity index (χ0v) is 34.2. The Morgan fingerprint density at radius 3 is 2.15 bits per heavy atom. The number of alkyl halides is 3. The normalized spacial score (nSPS) is 12.2. The van der Waals surface area contributed by atoms with E-state index >= 15 is 4.39 Å². The molecule has 0 aliphatic rings. The van der Waals surface area contributed by atoms with Crippen LogP contribution in [0.2, 0.25) is 51.4 Å². The summed E-state index contributed by atoms with van der Waals surface area (Å²) >= 11 is 0. The molecule has 0 bridgehead atoms. The molecule has 2 heterocycles. The third-order valence-electron chi connectivity index (χ3n) is 8.50. The first-order valence-electron chi connectivity index (χ1n) is 17.8. The van der Waals surface area contributed by atoms with E-state index in [9.17, 15) is 27.9 Å². The molecule has 0 spiro atoms. The molecule has 2 amide bonds. The summed E-state index contributed by atoms with van der Waals surface area (Å²) in [6, 6.07) is 12.1. The fraction of sp³-hybridized carbons (Fsp3) is 0.459. The van der Waals surface area contributed by atoms with E-state index < -0.39 is 52.3 Å². The van der Waals surface area contributed by atoms with Crippen molar-refractivity contribution in [2.75, 3.05) is 32.4 Å². The number of hydrogen-bond donors (Lipinski definition) is 4. The van der Waals surface area contributed by atoms with Gasteiger partial charge < -0.3 is 35.3 Å². The van der Waals surface area contributed by atoms with Gasteiger partial charge in [-0.2, -0.15) is 18.3 Å². The lowest BCUT2D eigenvalue weighted by molar-refractivity contribution is -0.127. The van der Waals surface area contributed by atoms with Crippen molar-refractivity contribution < 1.29 is 46.5 Å². The van der Waals surface area contributed by atoms with E-state index in [1.807, 2.05) is 0 Å². The molecule has 12 nitrogen and oxygen atoms in total. The molecule has 0 aliphatic heterocycles. The van der Waals surface area contributed by atoms with Gasteiger partial charge in [-0.05, 0) is 47.0 Å². The van der Waals surface area contributed by atoms with Crippen LogP contribution in [0, 0.1) is 5.82 Å². The molecule has 0 atom stereocenters. The molecule has 0 aliphatic carbocycles. The Balaban J connectivity index is 1.85. The zero-order valence-electron chi connectivity index (χ0n) is 32.2. The monoisotopic (exact) mass is 806 g/mol. The van der Waals surface area contributed by atoms with E-state index in [2.05, 4.69) is 60.3 Å². The highest BCUT2D eigenvalue weighted by atomic mass is 28.3. The topological polar surface area (TPSA) is 149 Å². The molecular formula is C37H50F4N6O6Si2. The molecule has 0 saturated heterocycles. The SMILES string of the molecule is CNC(=O)c1nn(COCC[Si](C)(C)C)c2cc(-c3cc(F)c(OCOCC[Si](C)(C)C)cc3CC(F)(F)F)nc(NCc3ccccc3CNC(=O)O)c12. The number of rotatable bonds is 19. The van der Waals surface area contributed by atoms with E-state index in [1.54, 1.807) is 24.3 Å². The lowest BCUT2D eigenvalue weighted by Crippen LogP contribution is -2.22. The van der Waals surface area contributed by atoms with Crippen molar-refractivity contribution in [3.05, 3.63) is 70.7 Å². The first-order chi connectivity index (χ1) is 25.7. The van der Waals surface area contributed by atoms with Crippen LogP contribution in [0.3, 0.4) is 0 Å². The van der Waals surface area contributed by atoms with Gasteiger partial charge in [0.05, 0.1) is 23.0 Å². The number of halogens is 4. The second-order valence-electron chi connectivity index (χ2n) is 15.5. The Morgan fingerprint density at radius 2 is 1.55 bits per heavy atom. The van der Waals surface area contributed by atoms with Crippen LogP contribution in [0.1, 0.15) is 27.2 Å². The minimum atomic E-state index is -4.67. The van der Waals surface area contributed by atoms with Gasteiger partial charge in [-0.3, -0.25) is 4.79 Å². The summed E-state index contributed by atoms with van der Waals surface area (Å²) in [7, 11) is -1.45. The number of hydrogen-bond acceptors (Lipinski definition) is 8.